The lowest BCUT2D eigenvalue weighted by atomic mass is 10.2. The predicted molar refractivity (Wildman–Crippen MR) is 108 cm³/mol. The quantitative estimate of drug-likeness (QED) is 0.369. The number of rotatable bonds is 10. The molecule has 0 bridgehead atoms. The molecule has 0 aliphatic heterocycles. The summed E-state index contributed by atoms with van der Waals surface area (Å²) >= 11 is 0. The molecule has 0 aliphatic carbocycles. The van der Waals surface area contributed by atoms with Crippen molar-refractivity contribution in [3.8, 4) is 5.75 Å². The smallest absolute Gasteiger partial charge is 0.271 e. The molecule has 136 valence electrons. The molecule has 1 N–H and O–H groups in total. The molecule has 4 nitrogen and oxygen atoms in total. The highest BCUT2D eigenvalue weighted by Gasteiger charge is 2.04. The maximum absolute atomic E-state index is 12.0. The second-order valence-corrected chi connectivity index (χ2v) is 5.92. The summed E-state index contributed by atoms with van der Waals surface area (Å²) in [7, 11) is 0. The van der Waals surface area contributed by atoms with E-state index in [4.69, 9.17) is 4.74 Å². The Morgan fingerprint density at radius 1 is 1.04 bits per heavy atom. The van der Waals surface area contributed by atoms with Crippen LogP contribution in [0.1, 0.15) is 48.5 Å². The Bertz CT molecular complexity index is 707. The highest BCUT2D eigenvalue weighted by molar-refractivity contribution is 5.94. The molecule has 0 fully saturated rings. The number of hydrogen-bond donors (Lipinski definition) is 1. The molecular weight excluding hydrogens is 324 g/mol. The lowest BCUT2D eigenvalue weighted by molar-refractivity contribution is 0.0955. The number of nitrogens with one attached hydrogen (secondary N) is 1. The van der Waals surface area contributed by atoms with Crippen molar-refractivity contribution in [1.29, 1.82) is 0 Å². The van der Waals surface area contributed by atoms with Gasteiger partial charge >= 0.3 is 0 Å². The van der Waals surface area contributed by atoms with E-state index in [1.165, 1.54) is 19.3 Å². The summed E-state index contributed by atoms with van der Waals surface area (Å²) in [5.74, 6) is 0.538. The topological polar surface area (TPSA) is 50.7 Å². The van der Waals surface area contributed by atoms with Gasteiger partial charge < -0.3 is 4.74 Å². The van der Waals surface area contributed by atoms with Gasteiger partial charge in [0.25, 0.3) is 5.91 Å². The maximum atomic E-state index is 12.0. The average molecular weight is 350 g/mol. The minimum atomic E-state index is -0.246. The van der Waals surface area contributed by atoms with E-state index < -0.39 is 0 Å². The summed E-state index contributed by atoms with van der Waals surface area (Å²) in [6.07, 6.45) is 9.96. The molecule has 26 heavy (non-hydrogen) atoms. The molecule has 2 rings (SSSR count). The molecule has 0 aliphatic rings. The van der Waals surface area contributed by atoms with Crippen molar-refractivity contribution in [1.82, 2.24) is 5.43 Å². The van der Waals surface area contributed by atoms with Gasteiger partial charge in [-0.2, -0.15) is 5.10 Å². The number of carbonyl (C=O) groups is 1. The lowest BCUT2D eigenvalue weighted by Crippen LogP contribution is -2.17. The van der Waals surface area contributed by atoms with Crippen LogP contribution in [0.25, 0.3) is 6.08 Å². The summed E-state index contributed by atoms with van der Waals surface area (Å²) in [6.45, 7) is 2.90. The van der Waals surface area contributed by atoms with Gasteiger partial charge in [-0.3, -0.25) is 4.79 Å². The number of hydrazone groups is 1. The highest BCUT2D eigenvalue weighted by Crippen LogP contribution is 2.13. The van der Waals surface area contributed by atoms with Crippen LogP contribution in [0, 0.1) is 0 Å². The zero-order valence-electron chi connectivity index (χ0n) is 15.2. The molecule has 0 saturated heterocycles. The minimum absolute atomic E-state index is 0.246. The van der Waals surface area contributed by atoms with E-state index in [1.54, 1.807) is 24.4 Å². The van der Waals surface area contributed by atoms with Crippen LogP contribution in [0.5, 0.6) is 5.75 Å². The van der Waals surface area contributed by atoms with Crippen LogP contribution < -0.4 is 10.2 Å². The normalized spacial score (nSPS) is 11.1. The monoisotopic (exact) mass is 350 g/mol. The fourth-order valence-electron chi connectivity index (χ4n) is 2.34. The molecule has 4 heteroatoms. The van der Waals surface area contributed by atoms with Crippen LogP contribution in [-0.2, 0) is 0 Å². The Morgan fingerprint density at radius 2 is 1.81 bits per heavy atom. The van der Waals surface area contributed by atoms with Crippen LogP contribution in [0.3, 0.4) is 0 Å². The summed E-state index contributed by atoms with van der Waals surface area (Å²) in [6, 6.07) is 17.0. The number of amides is 1. The van der Waals surface area contributed by atoms with Gasteiger partial charge in [-0.05, 0) is 42.3 Å². The Hall–Kier alpha value is -2.88. The predicted octanol–water partition coefficient (Wildman–Crippen LogP) is 5.07. The first-order chi connectivity index (χ1) is 12.8. The molecule has 0 saturated carbocycles. The van der Waals surface area contributed by atoms with Gasteiger partial charge in [-0.25, -0.2) is 5.43 Å². The standard InChI is InChI=1S/C22H26N2O2/c1-2-3-4-8-18-26-21-15-13-20(14-16-21)22(25)24-23-17-9-12-19-10-6-5-7-11-19/h5-7,9-17H,2-4,8,18H2,1H3,(H,24,25)/b12-9+,23-17+. The molecule has 0 aromatic heterocycles. The van der Waals surface area contributed by atoms with Gasteiger partial charge in [0.15, 0.2) is 0 Å². The molecule has 0 heterocycles. The SMILES string of the molecule is CCCCCCOc1ccc(C(=O)N/N=C/C=C/c2ccccc2)cc1. The number of allylic oxidation sites excluding steroid dienone is 1. The van der Waals surface area contributed by atoms with Crippen molar-refractivity contribution in [2.75, 3.05) is 6.61 Å². The van der Waals surface area contributed by atoms with Crippen molar-refractivity contribution in [2.45, 2.75) is 32.6 Å². The third kappa shape index (κ3) is 7.34. The lowest BCUT2D eigenvalue weighted by Gasteiger charge is -2.06. The van der Waals surface area contributed by atoms with Crippen LogP contribution in [0.4, 0.5) is 0 Å². The Labute approximate surface area is 155 Å². The Morgan fingerprint density at radius 3 is 2.54 bits per heavy atom. The number of benzene rings is 2. The summed E-state index contributed by atoms with van der Waals surface area (Å²) < 4.78 is 5.67. The second-order valence-electron chi connectivity index (χ2n) is 5.92. The molecule has 2 aromatic rings. The molecule has 2 aromatic carbocycles. The Kier molecular flexibility index (Phi) is 8.70. The van der Waals surface area contributed by atoms with Crippen molar-refractivity contribution in [3.05, 3.63) is 71.8 Å². The van der Waals surface area contributed by atoms with Crippen LogP contribution in [-0.4, -0.2) is 18.7 Å². The van der Waals surface area contributed by atoms with Crippen molar-refractivity contribution in [2.24, 2.45) is 5.10 Å². The number of nitrogens with zero attached hydrogens (tertiary/aromatic N) is 1. The first-order valence-electron chi connectivity index (χ1n) is 9.07. The van der Waals surface area contributed by atoms with Crippen molar-refractivity contribution in [3.63, 3.8) is 0 Å². The van der Waals surface area contributed by atoms with E-state index in [-0.39, 0.29) is 5.91 Å². The van der Waals surface area contributed by atoms with E-state index in [0.717, 1.165) is 17.7 Å². The minimum Gasteiger partial charge on any atom is -0.494 e. The van der Waals surface area contributed by atoms with Crippen molar-refractivity contribution < 1.29 is 9.53 Å². The number of hydrogen-bond acceptors (Lipinski definition) is 3. The van der Waals surface area contributed by atoms with Gasteiger partial charge in [-0.1, -0.05) is 62.6 Å². The van der Waals surface area contributed by atoms with Gasteiger partial charge in [0.2, 0.25) is 0 Å². The summed E-state index contributed by atoms with van der Waals surface area (Å²) in [5, 5.41) is 3.92. The third-order valence-electron chi connectivity index (χ3n) is 3.80. The Balaban J connectivity index is 1.73. The zero-order chi connectivity index (χ0) is 18.5. The van der Waals surface area contributed by atoms with E-state index in [2.05, 4.69) is 17.5 Å². The molecule has 0 atom stereocenters. The molecule has 0 unspecified atom stereocenters. The van der Waals surface area contributed by atoms with E-state index in [1.807, 2.05) is 48.5 Å². The number of unbranched alkanes of at least 4 members (excludes halogenated alkanes) is 3. The van der Waals surface area contributed by atoms with Gasteiger partial charge in [0.05, 0.1) is 6.61 Å². The van der Waals surface area contributed by atoms with Crippen molar-refractivity contribution >= 4 is 18.2 Å². The van der Waals surface area contributed by atoms with Gasteiger partial charge in [0.1, 0.15) is 5.75 Å². The summed E-state index contributed by atoms with van der Waals surface area (Å²) in [5.41, 5.74) is 4.14. The van der Waals surface area contributed by atoms with E-state index in [9.17, 15) is 4.79 Å². The molecule has 0 spiro atoms. The molecule has 1 amide bonds. The third-order valence-corrected chi connectivity index (χ3v) is 3.80. The average Bonchev–Trinajstić information content (AvgIpc) is 2.69. The van der Waals surface area contributed by atoms with Crippen LogP contribution in [0.15, 0.2) is 65.8 Å². The van der Waals surface area contributed by atoms with E-state index in [0.29, 0.717) is 12.2 Å². The first kappa shape index (κ1) is 19.4. The van der Waals surface area contributed by atoms with Gasteiger partial charge in [0, 0.05) is 11.8 Å². The largest absolute Gasteiger partial charge is 0.494 e. The summed E-state index contributed by atoms with van der Waals surface area (Å²) in [4.78, 5) is 12.0. The first-order valence-corrected chi connectivity index (χ1v) is 9.07. The molecular formula is C22H26N2O2. The number of carbonyl (C=O) groups excluding carboxylic acids is 1. The van der Waals surface area contributed by atoms with Crippen LogP contribution >= 0.6 is 0 Å². The van der Waals surface area contributed by atoms with Gasteiger partial charge in [-0.15, -0.1) is 0 Å². The zero-order valence-corrected chi connectivity index (χ0v) is 15.2. The number of ether oxygens (including phenoxy) is 1. The fraction of sp³-hybridized carbons (Fsp3) is 0.273. The second kappa shape index (κ2) is 11.6. The van der Waals surface area contributed by atoms with Crippen LogP contribution in [0.2, 0.25) is 0 Å². The van der Waals surface area contributed by atoms with E-state index >= 15 is 0 Å². The molecule has 0 radical (unpaired) electrons. The fourth-order valence-corrected chi connectivity index (χ4v) is 2.34. The maximum Gasteiger partial charge on any atom is 0.271 e. The highest BCUT2D eigenvalue weighted by atomic mass is 16.5.